The van der Waals surface area contributed by atoms with Gasteiger partial charge in [-0.05, 0) is 13.3 Å². The van der Waals surface area contributed by atoms with Crippen LogP contribution in [0.25, 0.3) is 0 Å². The van der Waals surface area contributed by atoms with Gasteiger partial charge in [0.25, 0.3) is 0 Å². The lowest BCUT2D eigenvalue weighted by molar-refractivity contribution is -0.141. The fourth-order valence-electron chi connectivity index (χ4n) is 1.32. The molecule has 1 heterocycles. The van der Waals surface area contributed by atoms with Crippen molar-refractivity contribution in [1.82, 2.24) is 10.5 Å². The Morgan fingerprint density at radius 1 is 1.62 bits per heavy atom. The van der Waals surface area contributed by atoms with Crippen LogP contribution in [-0.2, 0) is 16.0 Å². The number of nitrogens with zero attached hydrogens (tertiary/aromatic N) is 1. The number of aliphatic carboxylic acids is 1. The molecule has 0 aliphatic heterocycles. The zero-order valence-corrected chi connectivity index (χ0v) is 9.19. The Balaban J connectivity index is 2.50. The monoisotopic (exact) mass is 226 g/mol. The van der Waals surface area contributed by atoms with Crippen LogP contribution in [0.3, 0.4) is 0 Å². The molecule has 88 valence electrons. The summed E-state index contributed by atoms with van der Waals surface area (Å²) >= 11 is 0. The summed E-state index contributed by atoms with van der Waals surface area (Å²) in [5, 5.41) is 14.9. The number of carboxylic acids is 1. The summed E-state index contributed by atoms with van der Waals surface area (Å²) < 4.78 is 4.94. The van der Waals surface area contributed by atoms with Crippen LogP contribution in [0, 0.1) is 6.92 Å². The van der Waals surface area contributed by atoms with Crippen LogP contribution >= 0.6 is 0 Å². The minimum atomic E-state index is -1.05. The highest BCUT2D eigenvalue weighted by Gasteiger charge is 2.18. The topological polar surface area (TPSA) is 92.4 Å². The first kappa shape index (κ1) is 12.2. The molecule has 0 bridgehead atoms. The van der Waals surface area contributed by atoms with Gasteiger partial charge in [-0.25, -0.2) is 4.79 Å². The number of amides is 1. The van der Waals surface area contributed by atoms with Crippen LogP contribution in [0.2, 0.25) is 0 Å². The van der Waals surface area contributed by atoms with Crippen molar-refractivity contribution in [1.29, 1.82) is 0 Å². The number of hydrogen-bond donors (Lipinski definition) is 2. The van der Waals surface area contributed by atoms with Gasteiger partial charge in [0.05, 0.1) is 5.69 Å². The Morgan fingerprint density at radius 2 is 2.31 bits per heavy atom. The summed E-state index contributed by atoms with van der Waals surface area (Å²) in [7, 11) is 0. The van der Waals surface area contributed by atoms with E-state index in [1.165, 1.54) is 6.92 Å². The van der Waals surface area contributed by atoms with Crippen molar-refractivity contribution >= 4 is 11.9 Å². The second-order valence-electron chi connectivity index (χ2n) is 3.56. The first-order valence-electron chi connectivity index (χ1n) is 4.91. The maximum atomic E-state index is 10.8. The maximum absolute atomic E-state index is 10.8. The predicted molar refractivity (Wildman–Crippen MR) is 54.8 cm³/mol. The third kappa shape index (κ3) is 3.72. The minimum absolute atomic E-state index is 0.281. The quantitative estimate of drug-likeness (QED) is 0.762. The van der Waals surface area contributed by atoms with E-state index < -0.39 is 12.0 Å². The second kappa shape index (κ2) is 5.29. The van der Waals surface area contributed by atoms with E-state index in [1.54, 1.807) is 13.0 Å². The van der Waals surface area contributed by atoms with Crippen LogP contribution < -0.4 is 5.32 Å². The number of hydrogen-bond acceptors (Lipinski definition) is 4. The molecule has 0 aliphatic rings. The number of rotatable bonds is 5. The van der Waals surface area contributed by atoms with E-state index >= 15 is 0 Å². The van der Waals surface area contributed by atoms with Gasteiger partial charge in [0, 0.05) is 19.4 Å². The Morgan fingerprint density at radius 3 is 2.75 bits per heavy atom. The first-order chi connectivity index (χ1) is 7.49. The Labute approximate surface area is 92.6 Å². The van der Waals surface area contributed by atoms with Crippen molar-refractivity contribution in [2.45, 2.75) is 32.7 Å². The smallest absolute Gasteiger partial charge is 0.326 e. The number of carbonyl (C=O) groups is 2. The van der Waals surface area contributed by atoms with E-state index in [1.807, 2.05) is 0 Å². The van der Waals surface area contributed by atoms with Crippen molar-refractivity contribution in [3.05, 3.63) is 17.5 Å². The molecule has 1 rings (SSSR count). The average Bonchev–Trinajstić information content (AvgIpc) is 2.58. The highest BCUT2D eigenvalue weighted by atomic mass is 16.5. The van der Waals surface area contributed by atoms with Gasteiger partial charge >= 0.3 is 5.97 Å². The minimum Gasteiger partial charge on any atom is -0.480 e. The molecule has 0 unspecified atom stereocenters. The van der Waals surface area contributed by atoms with Gasteiger partial charge in [-0.1, -0.05) is 5.16 Å². The van der Waals surface area contributed by atoms with Gasteiger partial charge in [0.15, 0.2) is 0 Å². The van der Waals surface area contributed by atoms with E-state index in [9.17, 15) is 9.59 Å². The van der Waals surface area contributed by atoms with Gasteiger partial charge in [-0.2, -0.15) is 0 Å². The summed E-state index contributed by atoms with van der Waals surface area (Å²) in [4.78, 5) is 21.6. The molecule has 6 heteroatoms. The van der Waals surface area contributed by atoms with Crippen molar-refractivity contribution < 1.29 is 19.2 Å². The normalized spacial score (nSPS) is 12.1. The molecule has 0 fully saturated rings. The van der Waals surface area contributed by atoms with E-state index in [0.29, 0.717) is 12.2 Å². The number of aromatic nitrogens is 1. The van der Waals surface area contributed by atoms with Gasteiger partial charge in [0.1, 0.15) is 11.8 Å². The third-order valence-electron chi connectivity index (χ3n) is 2.03. The highest BCUT2D eigenvalue weighted by molar-refractivity contribution is 5.81. The van der Waals surface area contributed by atoms with Crippen molar-refractivity contribution in [3.63, 3.8) is 0 Å². The van der Waals surface area contributed by atoms with Crippen molar-refractivity contribution in [2.24, 2.45) is 0 Å². The average molecular weight is 226 g/mol. The Kier molecular flexibility index (Phi) is 4.04. The van der Waals surface area contributed by atoms with E-state index in [2.05, 4.69) is 10.5 Å². The summed E-state index contributed by atoms with van der Waals surface area (Å²) in [6, 6.07) is 0.857. The number of carboxylic acid groups (broad SMARTS) is 1. The van der Waals surface area contributed by atoms with Crippen molar-refractivity contribution in [2.75, 3.05) is 0 Å². The molecular weight excluding hydrogens is 212 g/mol. The first-order valence-corrected chi connectivity index (χ1v) is 4.91. The van der Waals surface area contributed by atoms with E-state index in [0.717, 1.165) is 5.69 Å². The number of aryl methyl sites for hydroxylation is 2. The van der Waals surface area contributed by atoms with Gasteiger partial charge in [0.2, 0.25) is 5.91 Å². The van der Waals surface area contributed by atoms with Gasteiger partial charge in [-0.3, -0.25) is 4.79 Å². The van der Waals surface area contributed by atoms with Crippen LogP contribution in [0.1, 0.15) is 24.8 Å². The van der Waals surface area contributed by atoms with Gasteiger partial charge < -0.3 is 14.9 Å². The molecule has 0 aliphatic carbocycles. The molecule has 16 heavy (non-hydrogen) atoms. The molecule has 1 aromatic rings. The van der Waals surface area contributed by atoms with Crippen LogP contribution in [-0.4, -0.2) is 28.2 Å². The Bertz CT molecular complexity index is 386. The summed E-state index contributed by atoms with van der Waals surface area (Å²) in [5.74, 6) is -0.790. The van der Waals surface area contributed by atoms with E-state index in [-0.39, 0.29) is 12.3 Å². The largest absolute Gasteiger partial charge is 0.480 e. The predicted octanol–water partition coefficient (Wildman–Crippen LogP) is 0.505. The lowest BCUT2D eigenvalue weighted by Crippen LogP contribution is -2.39. The molecule has 1 aromatic heterocycles. The second-order valence-corrected chi connectivity index (χ2v) is 3.56. The zero-order chi connectivity index (χ0) is 12.1. The molecule has 6 nitrogen and oxygen atoms in total. The number of nitrogens with one attached hydrogen (secondary N) is 1. The molecule has 0 saturated heterocycles. The summed E-state index contributed by atoms with van der Waals surface area (Å²) in [6.07, 6.45) is 0.710. The lowest BCUT2D eigenvalue weighted by atomic mass is 10.1. The molecule has 2 N–H and O–H groups in total. The lowest BCUT2D eigenvalue weighted by Gasteiger charge is -2.11. The fourth-order valence-corrected chi connectivity index (χ4v) is 1.32. The van der Waals surface area contributed by atoms with Crippen LogP contribution in [0.5, 0.6) is 0 Å². The molecule has 0 radical (unpaired) electrons. The maximum Gasteiger partial charge on any atom is 0.326 e. The highest BCUT2D eigenvalue weighted by Crippen LogP contribution is 2.07. The fraction of sp³-hybridized carbons (Fsp3) is 0.500. The molecule has 0 saturated carbocycles. The zero-order valence-electron chi connectivity index (χ0n) is 9.19. The SMILES string of the molecule is CC(=O)N[C@@H](CCc1cc(C)no1)C(=O)O. The van der Waals surface area contributed by atoms with Gasteiger partial charge in [-0.15, -0.1) is 0 Å². The van der Waals surface area contributed by atoms with Crippen molar-refractivity contribution in [3.8, 4) is 0 Å². The molecular formula is C10H14N2O4. The molecule has 1 atom stereocenters. The summed E-state index contributed by atoms with van der Waals surface area (Å²) in [6.45, 7) is 3.07. The van der Waals surface area contributed by atoms with E-state index in [4.69, 9.17) is 9.63 Å². The van der Waals surface area contributed by atoms with Crippen LogP contribution in [0.15, 0.2) is 10.6 Å². The van der Waals surface area contributed by atoms with Crippen LogP contribution in [0.4, 0.5) is 0 Å². The molecule has 0 aromatic carbocycles. The molecule has 0 spiro atoms. The standard InChI is InChI=1S/C10H14N2O4/c1-6-5-8(16-12-6)3-4-9(10(14)15)11-7(2)13/h5,9H,3-4H2,1-2H3,(H,11,13)(H,14,15)/t9-/m0/s1. The third-order valence-corrected chi connectivity index (χ3v) is 2.03. The Hall–Kier alpha value is -1.85. The summed E-state index contributed by atoms with van der Waals surface area (Å²) in [5.41, 5.74) is 0.751. The number of carbonyl (C=O) groups excluding carboxylic acids is 1. The molecule has 1 amide bonds.